The first-order valence-corrected chi connectivity index (χ1v) is 12.3. The Bertz CT molecular complexity index is 541. The summed E-state index contributed by atoms with van der Waals surface area (Å²) in [5.41, 5.74) is 4.82. The van der Waals surface area contributed by atoms with Crippen molar-refractivity contribution in [3.8, 4) is 0 Å². The van der Waals surface area contributed by atoms with E-state index in [-0.39, 0.29) is 0 Å². The van der Waals surface area contributed by atoms with Crippen molar-refractivity contribution >= 4 is 0 Å². The molecule has 1 aromatic carbocycles. The first-order chi connectivity index (χ1) is 13.2. The maximum Gasteiger partial charge on any atom is -0.0159 e. The second-order valence-corrected chi connectivity index (χ2v) is 9.91. The van der Waals surface area contributed by atoms with Crippen molar-refractivity contribution in [2.45, 2.75) is 117 Å². The van der Waals surface area contributed by atoms with Crippen LogP contribution in [0.3, 0.4) is 0 Å². The molecule has 0 spiro atoms. The molecule has 0 amide bonds. The van der Waals surface area contributed by atoms with Crippen LogP contribution in [0.4, 0.5) is 0 Å². The molecular weight excluding hydrogens is 324 g/mol. The van der Waals surface area contributed by atoms with Crippen LogP contribution < -0.4 is 0 Å². The molecule has 0 saturated heterocycles. The third-order valence-corrected chi connectivity index (χ3v) is 7.82. The Morgan fingerprint density at radius 3 is 1.74 bits per heavy atom. The van der Waals surface area contributed by atoms with E-state index in [1.807, 2.05) is 0 Å². The minimum Gasteiger partial charge on any atom is -0.0654 e. The molecule has 0 aromatic heterocycles. The van der Waals surface area contributed by atoms with Crippen LogP contribution in [0.1, 0.15) is 120 Å². The Balaban J connectivity index is 1.46. The smallest absolute Gasteiger partial charge is 0.0159 e. The van der Waals surface area contributed by atoms with Crippen molar-refractivity contribution in [2.24, 2.45) is 17.8 Å². The lowest BCUT2D eigenvalue weighted by molar-refractivity contribution is 0.252. The topological polar surface area (TPSA) is 0 Å². The van der Waals surface area contributed by atoms with Crippen LogP contribution in [0.15, 0.2) is 18.2 Å². The molecule has 0 aliphatic heterocycles. The number of aryl methyl sites for hydroxylation is 2. The summed E-state index contributed by atoms with van der Waals surface area (Å²) in [6.07, 6.45) is 20.1. The van der Waals surface area contributed by atoms with Gasteiger partial charge in [0.2, 0.25) is 0 Å². The highest BCUT2D eigenvalue weighted by molar-refractivity contribution is 5.34. The molecule has 27 heavy (non-hydrogen) atoms. The van der Waals surface area contributed by atoms with Gasteiger partial charge in [-0.25, -0.2) is 0 Å². The van der Waals surface area contributed by atoms with E-state index in [4.69, 9.17) is 0 Å². The van der Waals surface area contributed by atoms with E-state index in [2.05, 4.69) is 39.0 Å². The summed E-state index contributed by atoms with van der Waals surface area (Å²) in [5.74, 6) is 3.88. The average Bonchev–Trinajstić information content (AvgIpc) is 2.69. The Kier molecular flexibility index (Phi) is 8.28. The van der Waals surface area contributed by atoms with Gasteiger partial charge in [-0.2, -0.15) is 0 Å². The van der Waals surface area contributed by atoms with Gasteiger partial charge in [0.25, 0.3) is 0 Å². The fourth-order valence-corrected chi connectivity index (χ4v) is 6.11. The molecule has 3 rings (SSSR count). The predicted octanol–water partition coefficient (Wildman–Crippen LogP) is 8.61. The van der Waals surface area contributed by atoms with Crippen molar-refractivity contribution in [1.82, 2.24) is 0 Å². The van der Waals surface area contributed by atoms with Crippen LogP contribution in [0.25, 0.3) is 0 Å². The summed E-state index contributed by atoms with van der Waals surface area (Å²) in [6, 6.07) is 7.48. The third kappa shape index (κ3) is 6.10. The van der Waals surface area contributed by atoms with Crippen LogP contribution >= 0.6 is 0 Å². The number of rotatable bonds is 8. The van der Waals surface area contributed by atoms with Gasteiger partial charge in [-0.3, -0.25) is 0 Å². The number of hydrogen-bond acceptors (Lipinski definition) is 0. The van der Waals surface area contributed by atoms with Gasteiger partial charge in [0.1, 0.15) is 0 Å². The maximum absolute atomic E-state index is 2.52. The van der Waals surface area contributed by atoms with E-state index >= 15 is 0 Å². The molecule has 2 saturated carbocycles. The molecule has 0 atom stereocenters. The van der Waals surface area contributed by atoms with Crippen LogP contribution in [-0.4, -0.2) is 0 Å². The monoisotopic (exact) mass is 368 g/mol. The minimum atomic E-state index is 0.834. The van der Waals surface area contributed by atoms with Gasteiger partial charge in [0.05, 0.1) is 0 Å². The van der Waals surface area contributed by atoms with E-state index in [1.54, 1.807) is 16.7 Å². The van der Waals surface area contributed by atoms with Gasteiger partial charge in [-0.05, 0) is 85.8 Å². The molecule has 0 bridgehead atoms. The van der Waals surface area contributed by atoms with Gasteiger partial charge in [0, 0.05) is 0 Å². The largest absolute Gasteiger partial charge is 0.0654 e. The second kappa shape index (κ2) is 10.7. The van der Waals surface area contributed by atoms with Crippen molar-refractivity contribution in [1.29, 1.82) is 0 Å². The molecule has 2 aliphatic rings. The Hall–Kier alpha value is -0.780. The fraction of sp³-hybridized carbons (Fsp3) is 0.778. The molecule has 0 heteroatoms. The first-order valence-electron chi connectivity index (χ1n) is 12.3. The lowest BCUT2D eigenvalue weighted by Gasteiger charge is -2.30. The Labute approximate surface area is 169 Å². The van der Waals surface area contributed by atoms with Gasteiger partial charge >= 0.3 is 0 Å². The van der Waals surface area contributed by atoms with E-state index in [0.29, 0.717) is 0 Å². The summed E-state index contributed by atoms with van der Waals surface area (Å²) in [4.78, 5) is 0. The molecule has 2 fully saturated rings. The summed E-state index contributed by atoms with van der Waals surface area (Å²) >= 11 is 0. The third-order valence-electron chi connectivity index (χ3n) is 7.82. The van der Waals surface area contributed by atoms with Gasteiger partial charge in [-0.15, -0.1) is 0 Å². The van der Waals surface area contributed by atoms with Crippen molar-refractivity contribution in [2.75, 3.05) is 0 Å². The van der Waals surface area contributed by atoms with Crippen molar-refractivity contribution < 1.29 is 0 Å². The Morgan fingerprint density at radius 1 is 0.704 bits per heavy atom. The van der Waals surface area contributed by atoms with E-state index in [9.17, 15) is 0 Å². The number of hydrogen-bond donors (Lipinski definition) is 0. The van der Waals surface area contributed by atoms with Crippen LogP contribution in [0.2, 0.25) is 0 Å². The van der Waals surface area contributed by atoms with E-state index in [0.717, 1.165) is 23.7 Å². The van der Waals surface area contributed by atoms with Gasteiger partial charge in [0.15, 0.2) is 0 Å². The zero-order valence-electron chi connectivity index (χ0n) is 18.4. The lowest BCUT2D eigenvalue weighted by Crippen LogP contribution is -2.15. The zero-order chi connectivity index (χ0) is 19.1. The van der Waals surface area contributed by atoms with Crippen LogP contribution in [0, 0.1) is 24.7 Å². The molecule has 0 unspecified atom stereocenters. The molecule has 2 aliphatic carbocycles. The molecule has 152 valence electrons. The van der Waals surface area contributed by atoms with Crippen LogP contribution in [-0.2, 0) is 6.42 Å². The van der Waals surface area contributed by atoms with Crippen molar-refractivity contribution in [3.63, 3.8) is 0 Å². The van der Waals surface area contributed by atoms with Crippen LogP contribution in [0.5, 0.6) is 0 Å². The first kappa shape index (κ1) is 20.9. The fourth-order valence-electron chi connectivity index (χ4n) is 6.11. The summed E-state index contributed by atoms with van der Waals surface area (Å²) in [7, 11) is 0. The maximum atomic E-state index is 2.52. The normalized spacial score (nSPS) is 29.0. The molecule has 1 aromatic rings. The summed E-state index contributed by atoms with van der Waals surface area (Å²) in [6.45, 7) is 7.05. The van der Waals surface area contributed by atoms with Gasteiger partial charge < -0.3 is 0 Å². The molecule has 0 heterocycles. The van der Waals surface area contributed by atoms with E-state index in [1.165, 1.54) is 89.9 Å². The Morgan fingerprint density at radius 2 is 1.22 bits per heavy atom. The second-order valence-electron chi connectivity index (χ2n) is 9.91. The van der Waals surface area contributed by atoms with Crippen molar-refractivity contribution in [3.05, 3.63) is 34.9 Å². The molecular formula is C27H44. The highest BCUT2D eigenvalue weighted by Crippen LogP contribution is 2.39. The van der Waals surface area contributed by atoms with E-state index < -0.39 is 0 Å². The molecule has 0 nitrogen and oxygen atoms in total. The van der Waals surface area contributed by atoms with Gasteiger partial charge in [-0.1, -0.05) is 83.4 Å². The zero-order valence-corrected chi connectivity index (χ0v) is 18.4. The predicted molar refractivity (Wildman–Crippen MR) is 119 cm³/mol. The standard InChI is InChI=1S/C27H44/c1-4-6-22-8-10-24(11-9-22)12-13-25-16-19-27(21(3)20-25)26-17-14-23(7-5-2)15-18-26/h16,19-20,22-24,26H,4-15,17-18H2,1-3H3/t22-,23-,24-,26-. The summed E-state index contributed by atoms with van der Waals surface area (Å²) in [5, 5.41) is 0. The highest BCUT2D eigenvalue weighted by atomic mass is 14.3. The minimum absolute atomic E-state index is 0.834. The SMILES string of the molecule is CCC[C@H]1CC[C@H](CCc2ccc([C@H]3CC[C@H](CCC)CC3)c(C)c2)CC1. The average molecular weight is 369 g/mol. The highest BCUT2D eigenvalue weighted by Gasteiger charge is 2.23. The molecule has 0 radical (unpaired) electrons. The molecule has 0 N–H and O–H groups in total. The summed E-state index contributed by atoms with van der Waals surface area (Å²) < 4.78 is 0. The number of benzene rings is 1. The lowest BCUT2D eigenvalue weighted by atomic mass is 9.76. The quantitative estimate of drug-likeness (QED) is 0.431.